The first-order valence-electron chi connectivity index (χ1n) is 12.3. The van der Waals surface area contributed by atoms with Crippen LogP contribution >= 0.6 is 0 Å². The molecule has 0 heterocycles. The fourth-order valence-corrected chi connectivity index (χ4v) is 4.87. The van der Waals surface area contributed by atoms with Gasteiger partial charge in [0.2, 0.25) is 5.91 Å². The summed E-state index contributed by atoms with van der Waals surface area (Å²) >= 11 is 0. The zero-order valence-corrected chi connectivity index (χ0v) is 22.5. The van der Waals surface area contributed by atoms with E-state index in [2.05, 4.69) is 21.3 Å². The summed E-state index contributed by atoms with van der Waals surface area (Å²) in [5, 5.41) is 21.0. The first-order chi connectivity index (χ1) is 19.1. The summed E-state index contributed by atoms with van der Waals surface area (Å²) in [6.07, 6.45) is -2.76. The van der Waals surface area contributed by atoms with Gasteiger partial charge in [-0.1, -0.05) is 12.8 Å². The molecule has 16 heteroatoms. The Balaban J connectivity index is 1.59. The molecule has 0 unspecified atom stereocenters. The Labute approximate surface area is 233 Å². The molecule has 2 aromatic rings. The van der Waals surface area contributed by atoms with Crippen molar-refractivity contribution in [2.45, 2.75) is 48.8 Å². The molecule has 0 spiro atoms. The van der Waals surface area contributed by atoms with E-state index < -0.39 is 75.4 Å². The van der Waals surface area contributed by atoms with Crippen molar-refractivity contribution >= 4 is 45.2 Å². The molecule has 2 aromatic carbocycles. The number of rotatable bonds is 8. The highest BCUT2D eigenvalue weighted by atomic mass is 32.2. The van der Waals surface area contributed by atoms with Gasteiger partial charge in [0, 0.05) is 18.0 Å². The second-order valence-electron chi connectivity index (χ2n) is 9.33. The van der Waals surface area contributed by atoms with E-state index in [1.807, 2.05) is 5.32 Å². The second-order valence-corrected chi connectivity index (χ2v) is 11.3. The number of sulfone groups is 1. The molecule has 5 amide bonds. The van der Waals surface area contributed by atoms with Gasteiger partial charge in [-0.3, -0.25) is 14.9 Å². The van der Waals surface area contributed by atoms with Crippen molar-refractivity contribution in [3.8, 4) is 0 Å². The summed E-state index contributed by atoms with van der Waals surface area (Å²) in [4.78, 5) is 48.8. The topological polar surface area (TPSA) is 183 Å². The standard InChI is InChI=1S/C25H28F3N5O7S/c1-41(39,40)16-9-7-15(8-10-16)30-23(36)32-20-5-3-2-4-19(20)31-21(34)13-29-22(35)17-12-14(25(26,27)28)6-11-18(17)33-24(37)38/h6-12,19-20,33H,2-5,13H2,1H3,(H,29,35)(H,31,34)(H,37,38)(H2,30,32,36)/t19-,20+/m0/s1. The molecule has 0 bridgehead atoms. The molecule has 41 heavy (non-hydrogen) atoms. The van der Waals surface area contributed by atoms with E-state index in [1.165, 1.54) is 24.3 Å². The van der Waals surface area contributed by atoms with Crippen molar-refractivity contribution in [1.82, 2.24) is 16.0 Å². The van der Waals surface area contributed by atoms with Crippen LogP contribution in [-0.4, -0.2) is 62.3 Å². The van der Waals surface area contributed by atoms with E-state index in [1.54, 1.807) is 0 Å². The van der Waals surface area contributed by atoms with Gasteiger partial charge in [0.1, 0.15) is 0 Å². The lowest BCUT2D eigenvalue weighted by Gasteiger charge is -2.32. The van der Waals surface area contributed by atoms with Gasteiger partial charge in [0.25, 0.3) is 5.91 Å². The largest absolute Gasteiger partial charge is 0.465 e. The van der Waals surface area contributed by atoms with Crippen LogP contribution in [0.4, 0.5) is 34.1 Å². The molecule has 2 atom stereocenters. The van der Waals surface area contributed by atoms with Crippen molar-refractivity contribution in [2.75, 3.05) is 23.4 Å². The summed E-state index contributed by atoms with van der Waals surface area (Å²) < 4.78 is 62.5. The highest BCUT2D eigenvalue weighted by molar-refractivity contribution is 7.90. The number of hydrogen-bond donors (Lipinski definition) is 6. The molecule has 1 aliphatic carbocycles. The number of benzene rings is 2. The zero-order valence-electron chi connectivity index (χ0n) is 21.7. The van der Waals surface area contributed by atoms with Crippen LogP contribution in [0.3, 0.4) is 0 Å². The maximum Gasteiger partial charge on any atom is 0.416 e. The monoisotopic (exact) mass is 599 g/mol. The molecule has 12 nitrogen and oxygen atoms in total. The molecule has 1 saturated carbocycles. The Kier molecular flexibility index (Phi) is 9.80. The predicted molar refractivity (Wildman–Crippen MR) is 141 cm³/mol. The van der Waals surface area contributed by atoms with Gasteiger partial charge >= 0.3 is 18.3 Å². The van der Waals surface area contributed by atoms with Crippen molar-refractivity contribution in [1.29, 1.82) is 0 Å². The first kappa shape index (κ1) is 31.2. The Morgan fingerprint density at radius 1 is 0.927 bits per heavy atom. The quantitative estimate of drug-likeness (QED) is 0.269. The van der Waals surface area contributed by atoms with Crippen LogP contribution < -0.4 is 26.6 Å². The third-order valence-electron chi connectivity index (χ3n) is 6.21. The van der Waals surface area contributed by atoms with E-state index in [-0.39, 0.29) is 4.90 Å². The molecule has 0 aliphatic heterocycles. The molecular weight excluding hydrogens is 571 g/mol. The first-order valence-corrected chi connectivity index (χ1v) is 14.2. The smallest absolute Gasteiger partial charge is 0.416 e. The molecule has 0 aromatic heterocycles. The van der Waals surface area contributed by atoms with Gasteiger partial charge in [-0.25, -0.2) is 18.0 Å². The van der Waals surface area contributed by atoms with Gasteiger partial charge in [0.15, 0.2) is 9.84 Å². The van der Waals surface area contributed by atoms with Crippen molar-refractivity contribution in [2.24, 2.45) is 0 Å². The average Bonchev–Trinajstić information content (AvgIpc) is 2.87. The van der Waals surface area contributed by atoms with Gasteiger partial charge in [-0.05, 0) is 55.3 Å². The molecule has 3 rings (SSSR count). The molecule has 0 radical (unpaired) electrons. The highest BCUT2D eigenvalue weighted by Crippen LogP contribution is 2.32. The number of carbonyl (C=O) groups is 4. The minimum absolute atomic E-state index is 0.0908. The molecule has 6 N–H and O–H groups in total. The minimum atomic E-state index is -4.79. The zero-order chi connectivity index (χ0) is 30.4. The van der Waals surface area contributed by atoms with E-state index in [4.69, 9.17) is 5.11 Å². The second kappa shape index (κ2) is 12.9. The summed E-state index contributed by atoms with van der Waals surface area (Å²) in [5.74, 6) is -1.77. The fourth-order valence-electron chi connectivity index (χ4n) is 4.24. The van der Waals surface area contributed by atoms with Gasteiger partial charge < -0.3 is 26.4 Å². The number of amides is 5. The molecule has 222 valence electrons. The lowest BCUT2D eigenvalue weighted by atomic mass is 9.90. The number of nitrogens with one attached hydrogen (secondary N) is 5. The van der Waals surface area contributed by atoms with Crippen LogP contribution in [-0.2, 0) is 20.8 Å². The Bertz CT molecular complexity index is 1420. The summed E-state index contributed by atoms with van der Waals surface area (Å²) in [5.41, 5.74) is -1.84. The van der Waals surface area contributed by atoms with Crippen molar-refractivity contribution in [3.63, 3.8) is 0 Å². The fraction of sp³-hybridized carbons (Fsp3) is 0.360. The predicted octanol–water partition coefficient (Wildman–Crippen LogP) is 3.18. The normalized spacial score (nSPS) is 17.2. The number of hydrogen-bond acceptors (Lipinski definition) is 6. The van der Waals surface area contributed by atoms with Gasteiger partial charge in [0.05, 0.1) is 34.3 Å². The Morgan fingerprint density at radius 2 is 1.54 bits per heavy atom. The number of halogens is 3. The molecule has 1 fully saturated rings. The van der Waals surface area contributed by atoms with Crippen LogP contribution in [0.1, 0.15) is 41.6 Å². The Morgan fingerprint density at radius 3 is 2.10 bits per heavy atom. The van der Waals surface area contributed by atoms with E-state index in [9.17, 15) is 40.8 Å². The van der Waals surface area contributed by atoms with Crippen molar-refractivity contribution < 1.29 is 45.9 Å². The highest BCUT2D eigenvalue weighted by Gasteiger charge is 2.32. The number of alkyl halides is 3. The minimum Gasteiger partial charge on any atom is -0.465 e. The lowest BCUT2D eigenvalue weighted by Crippen LogP contribution is -2.55. The maximum atomic E-state index is 13.1. The number of carbonyl (C=O) groups excluding carboxylic acids is 3. The maximum absolute atomic E-state index is 13.1. The van der Waals surface area contributed by atoms with Gasteiger partial charge in [-0.2, -0.15) is 13.2 Å². The number of carboxylic acid groups (broad SMARTS) is 1. The van der Waals surface area contributed by atoms with E-state index in [0.717, 1.165) is 25.2 Å². The molecular formula is C25H28F3N5O7S. The van der Waals surface area contributed by atoms with Crippen LogP contribution in [0, 0.1) is 0 Å². The molecule has 1 aliphatic rings. The summed E-state index contributed by atoms with van der Waals surface area (Å²) in [7, 11) is -3.40. The van der Waals surface area contributed by atoms with Crippen LogP contribution in [0.2, 0.25) is 0 Å². The van der Waals surface area contributed by atoms with Crippen LogP contribution in [0.15, 0.2) is 47.4 Å². The lowest BCUT2D eigenvalue weighted by molar-refractivity contribution is -0.137. The number of urea groups is 1. The average molecular weight is 600 g/mol. The summed E-state index contributed by atoms with van der Waals surface area (Å²) in [6.45, 7) is -0.621. The Hall–Kier alpha value is -4.34. The van der Waals surface area contributed by atoms with Gasteiger partial charge in [-0.15, -0.1) is 0 Å². The van der Waals surface area contributed by atoms with Crippen LogP contribution in [0.5, 0.6) is 0 Å². The van der Waals surface area contributed by atoms with E-state index in [0.29, 0.717) is 30.7 Å². The number of anilines is 2. The third kappa shape index (κ3) is 9.09. The van der Waals surface area contributed by atoms with Crippen molar-refractivity contribution in [3.05, 3.63) is 53.6 Å². The summed E-state index contributed by atoms with van der Waals surface area (Å²) in [6, 6.07) is 5.89. The third-order valence-corrected chi connectivity index (χ3v) is 7.34. The SMILES string of the molecule is CS(=O)(=O)c1ccc(NC(=O)N[C@@H]2CCCC[C@@H]2NC(=O)CNC(=O)c2cc(C(F)(F)F)ccc2NC(=O)O)cc1. The van der Waals surface area contributed by atoms with Crippen LogP contribution in [0.25, 0.3) is 0 Å². The molecule has 0 saturated heterocycles. The van der Waals surface area contributed by atoms with E-state index >= 15 is 0 Å².